The second-order valence-corrected chi connectivity index (χ2v) is 8.62. The summed E-state index contributed by atoms with van der Waals surface area (Å²) in [6, 6.07) is 6.59. The minimum Gasteiger partial charge on any atom is -0.354 e. The van der Waals surface area contributed by atoms with E-state index in [1.54, 1.807) is 6.07 Å². The summed E-state index contributed by atoms with van der Waals surface area (Å²) in [4.78, 5) is 19.7. The zero-order chi connectivity index (χ0) is 23.1. The Kier molecular flexibility index (Phi) is 8.67. The topological polar surface area (TPSA) is 44.6 Å². The van der Waals surface area contributed by atoms with Crippen molar-refractivity contribution in [2.24, 2.45) is 0 Å². The Morgan fingerprint density at radius 2 is 1.88 bits per heavy atom. The number of halogens is 1. The summed E-state index contributed by atoms with van der Waals surface area (Å²) in [5.41, 5.74) is 2.68. The Balaban J connectivity index is 1.99. The third-order valence-electron chi connectivity index (χ3n) is 6.27. The zero-order valence-corrected chi connectivity index (χ0v) is 20.1. The molecule has 1 aliphatic rings. The summed E-state index contributed by atoms with van der Waals surface area (Å²) >= 11 is 0. The van der Waals surface area contributed by atoms with Crippen molar-refractivity contribution in [2.75, 3.05) is 44.2 Å². The van der Waals surface area contributed by atoms with Gasteiger partial charge in [0.1, 0.15) is 11.6 Å². The highest BCUT2D eigenvalue weighted by molar-refractivity contribution is 5.76. The SMILES string of the molecule is CCCCC(=O)N(CCC)Cc1c(C)nn(-c2cccc(F)c2)c1N1CCN(CC)CC1. The van der Waals surface area contributed by atoms with Crippen LogP contribution in [0.3, 0.4) is 0 Å². The van der Waals surface area contributed by atoms with Crippen molar-refractivity contribution in [3.63, 3.8) is 0 Å². The summed E-state index contributed by atoms with van der Waals surface area (Å²) in [6.45, 7) is 14.5. The number of likely N-dealkylation sites (N-methyl/N-ethyl adjacent to an activating group) is 1. The average molecular weight is 444 g/mol. The largest absolute Gasteiger partial charge is 0.354 e. The van der Waals surface area contributed by atoms with Gasteiger partial charge in [0.2, 0.25) is 5.91 Å². The van der Waals surface area contributed by atoms with E-state index in [1.165, 1.54) is 12.1 Å². The van der Waals surface area contributed by atoms with Crippen LogP contribution in [0.5, 0.6) is 0 Å². The van der Waals surface area contributed by atoms with Crippen molar-refractivity contribution in [2.45, 2.75) is 59.9 Å². The van der Waals surface area contributed by atoms with Crippen LogP contribution < -0.4 is 4.90 Å². The Bertz CT molecular complexity index is 888. The average Bonchev–Trinajstić information content (AvgIpc) is 3.13. The fourth-order valence-electron chi connectivity index (χ4n) is 4.36. The van der Waals surface area contributed by atoms with Gasteiger partial charge in [-0.1, -0.05) is 33.3 Å². The summed E-state index contributed by atoms with van der Waals surface area (Å²) < 4.78 is 15.9. The molecule has 176 valence electrons. The first-order valence-corrected chi connectivity index (χ1v) is 12.1. The van der Waals surface area contributed by atoms with Gasteiger partial charge >= 0.3 is 0 Å². The lowest BCUT2D eigenvalue weighted by atomic mass is 10.1. The normalized spacial score (nSPS) is 14.7. The molecule has 1 saturated heterocycles. The summed E-state index contributed by atoms with van der Waals surface area (Å²) in [7, 11) is 0. The number of piperazine rings is 1. The Morgan fingerprint density at radius 3 is 2.50 bits per heavy atom. The van der Waals surface area contributed by atoms with Gasteiger partial charge in [0.05, 0.1) is 17.9 Å². The minimum atomic E-state index is -0.277. The van der Waals surface area contributed by atoms with E-state index in [0.29, 0.717) is 18.7 Å². The van der Waals surface area contributed by atoms with Gasteiger partial charge in [-0.15, -0.1) is 0 Å². The standard InChI is InChI=1S/C25H38FN5O/c1-5-8-12-24(32)30(13-6-2)19-23-20(4)27-31(22-11-9-10-21(26)18-22)25(23)29-16-14-28(7-3)15-17-29/h9-11,18H,5-8,12-17,19H2,1-4H3. The number of carbonyl (C=O) groups excluding carboxylic acids is 1. The molecule has 0 saturated carbocycles. The van der Waals surface area contributed by atoms with Gasteiger partial charge < -0.3 is 14.7 Å². The van der Waals surface area contributed by atoms with Crippen LogP contribution in [0.4, 0.5) is 10.2 Å². The number of anilines is 1. The predicted octanol–water partition coefficient (Wildman–Crippen LogP) is 4.39. The number of hydrogen-bond donors (Lipinski definition) is 0. The Labute approximate surface area is 192 Å². The molecule has 0 radical (unpaired) electrons. The number of benzene rings is 1. The molecule has 3 rings (SSSR count). The molecule has 2 heterocycles. The molecule has 6 nitrogen and oxygen atoms in total. The maximum absolute atomic E-state index is 14.1. The van der Waals surface area contributed by atoms with Crippen molar-refractivity contribution in [3.05, 3.63) is 41.3 Å². The molecule has 1 aromatic heterocycles. The monoisotopic (exact) mass is 443 g/mol. The van der Waals surface area contributed by atoms with Gasteiger partial charge in [-0.3, -0.25) is 4.79 Å². The maximum Gasteiger partial charge on any atom is 0.222 e. The number of aromatic nitrogens is 2. The number of hydrogen-bond acceptors (Lipinski definition) is 4. The Morgan fingerprint density at radius 1 is 1.12 bits per heavy atom. The van der Waals surface area contributed by atoms with E-state index in [2.05, 4.69) is 30.6 Å². The maximum atomic E-state index is 14.1. The summed E-state index contributed by atoms with van der Waals surface area (Å²) in [5, 5.41) is 4.83. The van der Waals surface area contributed by atoms with E-state index in [1.807, 2.05) is 22.6 Å². The van der Waals surface area contributed by atoms with E-state index in [0.717, 1.165) is 75.6 Å². The van der Waals surface area contributed by atoms with Crippen LogP contribution in [0.15, 0.2) is 24.3 Å². The van der Waals surface area contributed by atoms with Crippen LogP contribution >= 0.6 is 0 Å². The minimum absolute atomic E-state index is 0.202. The van der Waals surface area contributed by atoms with E-state index in [4.69, 9.17) is 5.10 Å². The third-order valence-corrected chi connectivity index (χ3v) is 6.27. The molecule has 0 unspecified atom stereocenters. The van der Waals surface area contributed by atoms with E-state index >= 15 is 0 Å². The number of aryl methyl sites for hydroxylation is 1. The second kappa shape index (κ2) is 11.5. The fourth-order valence-corrected chi connectivity index (χ4v) is 4.36. The second-order valence-electron chi connectivity index (χ2n) is 8.62. The fraction of sp³-hybridized carbons (Fsp3) is 0.600. The first kappa shape index (κ1) is 24.2. The highest BCUT2D eigenvalue weighted by atomic mass is 19.1. The molecule has 2 aromatic rings. The molecule has 0 bridgehead atoms. The van der Waals surface area contributed by atoms with Crippen molar-refractivity contribution >= 4 is 11.7 Å². The zero-order valence-electron chi connectivity index (χ0n) is 20.1. The van der Waals surface area contributed by atoms with E-state index in [9.17, 15) is 9.18 Å². The van der Waals surface area contributed by atoms with Crippen molar-refractivity contribution in [1.82, 2.24) is 19.6 Å². The summed E-state index contributed by atoms with van der Waals surface area (Å²) in [5.74, 6) is 0.919. The highest BCUT2D eigenvalue weighted by Gasteiger charge is 2.27. The van der Waals surface area contributed by atoms with Gasteiger partial charge in [-0.25, -0.2) is 9.07 Å². The molecule has 1 aliphatic heterocycles. The molecule has 1 amide bonds. The molecular weight excluding hydrogens is 405 g/mol. The van der Waals surface area contributed by atoms with Crippen LogP contribution in [-0.2, 0) is 11.3 Å². The van der Waals surface area contributed by atoms with Gasteiger partial charge in [-0.2, -0.15) is 5.10 Å². The predicted molar refractivity (Wildman–Crippen MR) is 128 cm³/mol. The number of rotatable bonds is 10. The molecule has 1 fully saturated rings. The lowest BCUT2D eigenvalue weighted by molar-refractivity contribution is -0.132. The molecule has 0 atom stereocenters. The van der Waals surface area contributed by atoms with Crippen molar-refractivity contribution in [1.29, 1.82) is 0 Å². The van der Waals surface area contributed by atoms with E-state index in [-0.39, 0.29) is 11.7 Å². The summed E-state index contributed by atoms with van der Waals surface area (Å²) in [6.07, 6.45) is 3.42. The van der Waals surface area contributed by atoms with Gasteiger partial charge in [0.25, 0.3) is 0 Å². The quantitative estimate of drug-likeness (QED) is 0.546. The molecule has 32 heavy (non-hydrogen) atoms. The number of unbranched alkanes of at least 4 members (excludes halogenated alkanes) is 1. The van der Waals surface area contributed by atoms with E-state index < -0.39 is 0 Å². The van der Waals surface area contributed by atoms with Crippen LogP contribution in [0, 0.1) is 12.7 Å². The van der Waals surface area contributed by atoms with Crippen LogP contribution in [0.25, 0.3) is 5.69 Å². The van der Waals surface area contributed by atoms with Crippen molar-refractivity contribution in [3.8, 4) is 5.69 Å². The molecular formula is C25H38FN5O. The Hall–Kier alpha value is -2.41. The van der Waals surface area contributed by atoms with Crippen LogP contribution in [0.1, 0.15) is 57.7 Å². The lowest BCUT2D eigenvalue weighted by Gasteiger charge is -2.36. The molecule has 1 aromatic carbocycles. The van der Waals surface area contributed by atoms with Gasteiger partial charge in [0.15, 0.2) is 0 Å². The molecule has 0 N–H and O–H groups in total. The lowest BCUT2D eigenvalue weighted by Crippen LogP contribution is -2.47. The van der Waals surface area contributed by atoms with Gasteiger partial charge in [-0.05, 0) is 44.5 Å². The first-order valence-electron chi connectivity index (χ1n) is 12.1. The number of amides is 1. The smallest absolute Gasteiger partial charge is 0.222 e. The van der Waals surface area contributed by atoms with Crippen LogP contribution in [0.2, 0.25) is 0 Å². The highest BCUT2D eigenvalue weighted by Crippen LogP contribution is 2.30. The number of nitrogens with zero attached hydrogens (tertiary/aromatic N) is 5. The molecule has 0 spiro atoms. The number of carbonyl (C=O) groups is 1. The van der Waals surface area contributed by atoms with Gasteiger partial charge in [0, 0.05) is 44.7 Å². The molecule has 7 heteroatoms. The molecule has 0 aliphatic carbocycles. The first-order chi connectivity index (χ1) is 15.5. The van der Waals surface area contributed by atoms with Crippen LogP contribution in [-0.4, -0.2) is 64.8 Å². The third kappa shape index (κ3) is 5.68. The van der Waals surface area contributed by atoms with Crippen molar-refractivity contribution < 1.29 is 9.18 Å².